The predicted molar refractivity (Wildman–Crippen MR) is 118 cm³/mol. The Morgan fingerprint density at radius 1 is 1.18 bits per heavy atom. The molecule has 1 aliphatic rings. The first-order valence-corrected chi connectivity index (χ1v) is 11.0. The van der Waals surface area contributed by atoms with Crippen LogP contribution >= 0.6 is 23.1 Å². The van der Waals surface area contributed by atoms with Gasteiger partial charge in [0.25, 0.3) is 15.4 Å². The number of ether oxygens (including phenoxy) is 1. The van der Waals surface area contributed by atoms with Crippen molar-refractivity contribution in [3.63, 3.8) is 0 Å². The van der Waals surface area contributed by atoms with Crippen LogP contribution in [0.4, 0.5) is 5.69 Å². The second kappa shape index (κ2) is 8.29. The number of aromatic nitrogens is 1. The molecular formula is C22H23N2O2S2+. The van der Waals surface area contributed by atoms with Gasteiger partial charge in [-0.3, -0.25) is 0 Å². The highest BCUT2D eigenvalue weighted by molar-refractivity contribution is 8.03. The zero-order valence-corrected chi connectivity index (χ0v) is 17.8. The smallest absolute Gasteiger partial charge is 0.265 e. The fraction of sp³-hybridized carbons (Fsp3) is 0.227. The Balaban J connectivity index is 1.49. The predicted octanol–water partition coefficient (Wildman–Crippen LogP) is 5.85. The van der Waals surface area contributed by atoms with E-state index in [-0.39, 0.29) is 0 Å². The quantitative estimate of drug-likeness (QED) is 0.376. The summed E-state index contributed by atoms with van der Waals surface area (Å²) in [6.45, 7) is 6.17. The normalized spacial score (nSPS) is 15.5. The molecule has 0 saturated heterocycles. The Morgan fingerprint density at radius 2 is 2.07 bits per heavy atom. The molecule has 0 atom stereocenters. The molecule has 0 N–H and O–H groups in total. The molecule has 6 heteroatoms. The molecule has 0 fully saturated rings. The number of methoxy groups -OCH3 is 1. The van der Waals surface area contributed by atoms with E-state index in [1.54, 1.807) is 36.5 Å². The molecule has 0 radical (unpaired) electrons. The molecule has 0 aliphatic carbocycles. The number of aryl methyl sites for hydroxylation is 1. The van der Waals surface area contributed by atoms with Crippen molar-refractivity contribution in [1.82, 2.24) is 0 Å². The summed E-state index contributed by atoms with van der Waals surface area (Å²) >= 11 is 3.47. The van der Waals surface area contributed by atoms with Crippen molar-refractivity contribution in [1.29, 1.82) is 0 Å². The van der Waals surface area contributed by atoms with Gasteiger partial charge >= 0.3 is 0 Å². The SMILES string of the molecule is CCN1C(=CC=CC=Cc2sc3occc3[n+]2CC)Sc2ccc(OC)cc21. The first kappa shape index (κ1) is 18.9. The first-order valence-electron chi connectivity index (χ1n) is 9.33. The molecule has 3 aromatic rings. The van der Waals surface area contributed by atoms with Crippen LogP contribution in [0.15, 0.2) is 69.2 Å². The van der Waals surface area contributed by atoms with Crippen LogP contribution in [0, 0.1) is 0 Å². The Hall–Kier alpha value is -2.44. The standard InChI is InChI=1S/C22H23N2O2S2/c1-4-23-17-13-14-26-22(17)28-21(23)10-8-6-7-9-20-24(5-2)18-15-16(25-3)11-12-19(18)27-20/h6-15H,4-5H2,1-3H3/q+1. The number of thioether (sulfide) groups is 1. The van der Waals surface area contributed by atoms with E-state index >= 15 is 0 Å². The van der Waals surface area contributed by atoms with Gasteiger partial charge in [0.15, 0.2) is 0 Å². The average molecular weight is 412 g/mol. The van der Waals surface area contributed by atoms with Gasteiger partial charge in [0.05, 0.1) is 30.2 Å². The number of fused-ring (bicyclic) bond motifs is 2. The highest BCUT2D eigenvalue weighted by Gasteiger charge is 2.24. The van der Waals surface area contributed by atoms with Crippen LogP contribution in [0.3, 0.4) is 0 Å². The van der Waals surface area contributed by atoms with Gasteiger partial charge in [-0.15, -0.1) is 0 Å². The van der Waals surface area contributed by atoms with Crippen molar-refractivity contribution in [3.05, 3.63) is 64.9 Å². The van der Waals surface area contributed by atoms with Gasteiger partial charge in [0.2, 0.25) is 0 Å². The summed E-state index contributed by atoms with van der Waals surface area (Å²) < 4.78 is 13.2. The van der Waals surface area contributed by atoms with Crippen molar-refractivity contribution in [2.75, 3.05) is 18.6 Å². The number of hydrogen-bond donors (Lipinski definition) is 0. The molecule has 144 valence electrons. The Morgan fingerprint density at radius 3 is 2.86 bits per heavy atom. The minimum Gasteiger partial charge on any atom is -0.497 e. The maximum Gasteiger partial charge on any atom is 0.265 e. The molecule has 0 unspecified atom stereocenters. The number of nitrogens with zero attached hydrogens (tertiary/aromatic N) is 2. The van der Waals surface area contributed by atoms with Gasteiger partial charge < -0.3 is 14.1 Å². The van der Waals surface area contributed by atoms with E-state index in [2.05, 4.69) is 65.8 Å². The summed E-state index contributed by atoms with van der Waals surface area (Å²) in [5, 5.41) is 2.42. The molecular weight excluding hydrogens is 388 g/mol. The van der Waals surface area contributed by atoms with E-state index in [9.17, 15) is 0 Å². The van der Waals surface area contributed by atoms with Crippen molar-refractivity contribution < 1.29 is 13.7 Å². The third-order valence-electron chi connectivity index (χ3n) is 4.63. The van der Waals surface area contributed by atoms with Crippen molar-refractivity contribution in [2.45, 2.75) is 25.3 Å². The number of benzene rings is 1. The summed E-state index contributed by atoms with van der Waals surface area (Å²) in [7, 11) is 1.71. The van der Waals surface area contributed by atoms with Crippen LogP contribution < -0.4 is 14.2 Å². The van der Waals surface area contributed by atoms with Gasteiger partial charge in [-0.2, -0.15) is 4.57 Å². The molecule has 0 bridgehead atoms. The maximum absolute atomic E-state index is 5.53. The topological polar surface area (TPSA) is 29.5 Å². The second-order valence-corrected chi connectivity index (χ2v) is 8.26. The van der Waals surface area contributed by atoms with Crippen LogP contribution in [-0.2, 0) is 6.54 Å². The third kappa shape index (κ3) is 3.50. The van der Waals surface area contributed by atoms with Crippen LogP contribution in [0.25, 0.3) is 16.5 Å². The van der Waals surface area contributed by atoms with Gasteiger partial charge in [-0.05, 0) is 43.4 Å². The van der Waals surface area contributed by atoms with Gasteiger partial charge in [-0.1, -0.05) is 30.0 Å². The summed E-state index contributed by atoms with van der Waals surface area (Å²) in [5.41, 5.74) is 2.37. The summed E-state index contributed by atoms with van der Waals surface area (Å²) in [4.78, 5) is 4.56. The molecule has 0 amide bonds. The number of thiazole rings is 1. The van der Waals surface area contributed by atoms with Crippen molar-refractivity contribution in [2.24, 2.45) is 0 Å². The molecule has 0 spiro atoms. The number of hydrogen-bond acceptors (Lipinski definition) is 5. The summed E-state index contributed by atoms with van der Waals surface area (Å²) in [6.07, 6.45) is 12.3. The largest absolute Gasteiger partial charge is 0.497 e. The van der Waals surface area contributed by atoms with Crippen molar-refractivity contribution in [3.8, 4) is 5.75 Å². The van der Waals surface area contributed by atoms with Crippen molar-refractivity contribution >= 4 is 45.3 Å². The third-order valence-corrected chi connectivity index (χ3v) is 6.82. The average Bonchev–Trinajstić information content (AvgIpc) is 3.38. The fourth-order valence-corrected chi connectivity index (χ4v) is 5.46. The lowest BCUT2D eigenvalue weighted by Gasteiger charge is -2.18. The van der Waals surface area contributed by atoms with Crippen LogP contribution in [-0.4, -0.2) is 13.7 Å². The molecule has 2 aromatic heterocycles. The second-order valence-electron chi connectivity index (χ2n) is 6.21. The van der Waals surface area contributed by atoms with Crippen LogP contribution in [0.5, 0.6) is 5.75 Å². The van der Waals surface area contributed by atoms with E-state index in [4.69, 9.17) is 9.15 Å². The Bertz CT molecular complexity index is 1080. The lowest BCUT2D eigenvalue weighted by molar-refractivity contribution is -0.665. The molecule has 28 heavy (non-hydrogen) atoms. The van der Waals surface area contributed by atoms with E-state index in [0.717, 1.165) is 29.3 Å². The zero-order valence-electron chi connectivity index (χ0n) is 16.2. The van der Waals surface area contributed by atoms with Gasteiger partial charge in [-0.25, -0.2) is 0 Å². The number of allylic oxidation sites excluding steroid dienone is 4. The highest BCUT2D eigenvalue weighted by atomic mass is 32.2. The lowest BCUT2D eigenvalue weighted by atomic mass is 10.2. The molecule has 4 nitrogen and oxygen atoms in total. The van der Waals surface area contributed by atoms with E-state index in [0.29, 0.717) is 0 Å². The maximum atomic E-state index is 5.53. The number of rotatable bonds is 6. The number of anilines is 1. The molecule has 1 aliphatic heterocycles. The Labute approximate surface area is 173 Å². The minimum absolute atomic E-state index is 0.892. The molecule has 3 heterocycles. The highest BCUT2D eigenvalue weighted by Crippen LogP contribution is 2.47. The Kier molecular flexibility index (Phi) is 5.59. The lowest BCUT2D eigenvalue weighted by Crippen LogP contribution is -2.33. The molecule has 4 rings (SSSR count). The molecule has 0 saturated carbocycles. The summed E-state index contributed by atoms with van der Waals surface area (Å²) in [6, 6.07) is 8.27. The van der Waals surface area contributed by atoms with E-state index in [1.807, 2.05) is 12.1 Å². The van der Waals surface area contributed by atoms with E-state index < -0.39 is 0 Å². The van der Waals surface area contributed by atoms with Gasteiger partial charge in [0.1, 0.15) is 12.3 Å². The van der Waals surface area contributed by atoms with E-state index in [1.165, 1.54) is 20.6 Å². The number of furan rings is 1. The fourth-order valence-electron chi connectivity index (χ4n) is 3.28. The van der Waals surface area contributed by atoms with Crippen LogP contribution in [0.1, 0.15) is 18.9 Å². The first-order chi connectivity index (χ1) is 13.7. The summed E-state index contributed by atoms with van der Waals surface area (Å²) in [5.74, 6) is 0.892. The zero-order chi connectivity index (χ0) is 19.5. The minimum atomic E-state index is 0.892. The van der Waals surface area contributed by atoms with Gasteiger partial charge in [0, 0.05) is 23.6 Å². The molecule has 1 aromatic carbocycles. The van der Waals surface area contributed by atoms with Crippen LogP contribution in [0.2, 0.25) is 0 Å². The monoisotopic (exact) mass is 411 g/mol.